The van der Waals surface area contributed by atoms with Crippen LogP contribution >= 0.6 is 11.8 Å². The normalized spacial score (nSPS) is 17.1. The van der Waals surface area contributed by atoms with Crippen LogP contribution in [0.3, 0.4) is 0 Å². The molecule has 1 saturated carbocycles. The SMILES string of the molecule is CCN1CCN(c2ccc(Nc3nccc(-c4c(-c5cccc(NC(=O)C6CCC6)c5)nc5n4CCS5)n3)cc2)CC1. The van der Waals surface area contributed by atoms with Crippen LogP contribution in [-0.4, -0.2) is 68.8 Å². The number of nitrogens with zero attached hydrogens (tertiary/aromatic N) is 6. The summed E-state index contributed by atoms with van der Waals surface area (Å²) >= 11 is 1.76. The van der Waals surface area contributed by atoms with E-state index in [9.17, 15) is 4.79 Å². The molecule has 2 N–H and O–H groups in total. The lowest BCUT2D eigenvalue weighted by Gasteiger charge is -2.35. The molecule has 2 fully saturated rings. The van der Waals surface area contributed by atoms with Gasteiger partial charge in [0.05, 0.1) is 17.1 Å². The molecule has 216 valence electrons. The lowest BCUT2D eigenvalue weighted by atomic mass is 9.85. The summed E-state index contributed by atoms with van der Waals surface area (Å²) in [7, 11) is 0. The highest BCUT2D eigenvalue weighted by Gasteiger charge is 2.27. The molecule has 1 saturated heterocycles. The van der Waals surface area contributed by atoms with Crippen LogP contribution in [0, 0.1) is 5.92 Å². The van der Waals surface area contributed by atoms with E-state index in [-0.39, 0.29) is 11.8 Å². The van der Waals surface area contributed by atoms with Gasteiger partial charge >= 0.3 is 0 Å². The fourth-order valence-corrected chi connectivity index (χ4v) is 6.81. The third kappa shape index (κ3) is 5.48. The van der Waals surface area contributed by atoms with Gasteiger partial charge in [0.25, 0.3) is 0 Å². The third-order valence-electron chi connectivity index (χ3n) is 8.56. The number of amides is 1. The molecule has 0 radical (unpaired) electrons. The number of aromatic nitrogens is 4. The fraction of sp³-hybridized carbons (Fsp3) is 0.375. The molecule has 4 heterocycles. The number of anilines is 4. The van der Waals surface area contributed by atoms with Crippen molar-refractivity contribution in [1.29, 1.82) is 0 Å². The number of benzene rings is 2. The minimum Gasteiger partial charge on any atom is -0.369 e. The molecule has 10 heteroatoms. The van der Waals surface area contributed by atoms with E-state index in [0.717, 1.165) is 103 Å². The van der Waals surface area contributed by atoms with Gasteiger partial charge in [-0.15, -0.1) is 0 Å². The van der Waals surface area contributed by atoms with Crippen LogP contribution in [0.1, 0.15) is 26.2 Å². The Morgan fingerprint density at radius 2 is 1.81 bits per heavy atom. The minimum atomic E-state index is 0.111. The van der Waals surface area contributed by atoms with Crippen LogP contribution < -0.4 is 15.5 Å². The van der Waals surface area contributed by atoms with E-state index in [1.54, 1.807) is 18.0 Å². The minimum absolute atomic E-state index is 0.111. The zero-order chi connectivity index (χ0) is 28.5. The molecule has 0 spiro atoms. The number of rotatable bonds is 8. The van der Waals surface area contributed by atoms with Gasteiger partial charge in [0.2, 0.25) is 11.9 Å². The number of hydrogen-bond acceptors (Lipinski definition) is 8. The Morgan fingerprint density at radius 3 is 2.57 bits per heavy atom. The molecule has 4 aromatic rings. The Morgan fingerprint density at radius 1 is 0.976 bits per heavy atom. The van der Waals surface area contributed by atoms with Crippen LogP contribution in [0.25, 0.3) is 22.6 Å². The summed E-state index contributed by atoms with van der Waals surface area (Å²) < 4.78 is 2.25. The van der Waals surface area contributed by atoms with E-state index in [1.165, 1.54) is 5.69 Å². The largest absolute Gasteiger partial charge is 0.369 e. The molecule has 0 unspecified atom stereocenters. The highest BCUT2D eigenvalue weighted by Crippen LogP contribution is 2.39. The van der Waals surface area contributed by atoms with E-state index < -0.39 is 0 Å². The van der Waals surface area contributed by atoms with E-state index in [2.05, 4.69) is 67.2 Å². The number of imidazole rings is 1. The van der Waals surface area contributed by atoms with Crippen LogP contribution in [0.2, 0.25) is 0 Å². The Labute approximate surface area is 250 Å². The molecule has 0 atom stereocenters. The highest BCUT2D eigenvalue weighted by molar-refractivity contribution is 7.99. The molecule has 2 aliphatic heterocycles. The number of fused-ring (bicyclic) bond motifs is 1. The standard InChI is InChI=1S/C32H36N8OS/c1-2-38-15-17-39(18-16-38)26-11-9-24(10-12-26)35-31-33-14-13-27(36-31)29-28(37-32-40(29)19-20-42-32)23-7-4-8-25(21-23)34-30(41)22-5-3-6-22/h4,7-14,21-22H,2-3,5-6,15-20H2,1H3,(H,34,41)(H,33,35,36). The highest BCUT2D eigenvalue weighted by atomic mass is 32.2. The van der Waals surface area contributed by atoms with Gasteiger partial charge in [-0.1, -0.05) is 37.2 Å². The maximum absolute atomic E-state index is 12.6. The van der Waals surface area contributed by atoms with Crippen molar-refractivity contribution in [2.24, 2.45) is 5.92 Å². The summed E-state index contributed by atoms with van der Waals surface area (Å²) in [6.07, 6.45) is 4.89. The molecular weight excluding hydrogens is 544 g/mol. The van der Waals surface area contributed by atoms with Gasteiger partial charge in [-0.05, 0) is 61.9 Å². The van der Waals surface area contributed by atoms with Crippen LogP contribution in [0.4, 0.5) is 23.0 Å². The van der Waals surface area contributed by atoms with Gasteiger partial charge in [0, 0.05) is 73.2 Å². The predicted molar refractivity (Wildman–Crippen MR) is 169 cm³/mol. The molecular formula is C32H36N8OS. The summed E-state index contributed by atoms with van der Waals surface area (Å²) in [5.41, 5.74) is 6.62. The Kier molecular flexibility index (Phi) is 7.56. The Balaban J connectivity index is 1.12. The Bertz CT molecular complexity index is 1570. The van der Waals surface area contributed by atoms with Crippen molar-refractivity contribution in [3.05, 3.63) is 60.8 Å². The third-order valence-corrected chi connectivity index (χ3v) is 9.52. The quantitative estimate of drug-likeness (QED) is 0.273. The van der Waals surface area contributed by atoms with Crippen molar-refractivity contribution < 1.29 is 4.79 Å². The number of carbonyl (C=O) groups is 1. The number of likely N-dealkylation sites (N-methyl/N-ethyl adjacent to an activating group) is 1. The van der Waals surface area contributed by atoms with Gasteiger partial charge in [-0.3, -0.25) is 4.79 Å². The first-order valence-electron chi connectivity index (χ1n) is 15.0. The number of hydrogen-bond donors (Lipinski definition) is 2. The first kappa shape index (κ1) is 27.0. The number of nitrogens with one attached hydrogen (secondary N) is 2. The number of thioether (sulfide) groups is 1. The van der Waals surface area contributed by atoms with Gasteiger partial charge in [0.1, 0.15) is 0 Å². The summed E-state index contributed by atoms with van der Waals surface area (Å²) in [4.78, 5) is 32.0. The average Bonchev–Trinajstić information content (AvgIpc) is 3.59. The van der Waals surface area contributed by atoms with Crippen molar-refractivity contribution in [3.8, 4) is 22.6 Å². The summed E-state index contributed by atoms with van der Waals surface area (Å²) in [5, 5.41) is 7.50. The fourth-order valence-electron chi connectivity index (χ4n) is 5.86. The molecule has 42 heavy (non-hydrogen) atoms. The van der Waals surface area contributed by atoms with Crippen molar-refractivity contribution >= 4 is 40.7 Å². The summed E-state index contributed by atoms with van der Waals surface area (Å²) in [6, 6.07) is 18.5. The number of piperazine rings is 1. The molecule has 7 rings (SSSR count). The van der Waals surface area contributed by atoms with Crippen LogP contribution in [-0.2, 0) is 11.3 Å². The van der Waals surface area contributed by atoms with Crippen molar-refractivity contribution in [2.75, 3.05) is 54.0 Å². The first-order chi connectivity index (χ1) is 20.6. The molecule has 2 aromatic carbocycles. The van der Waals surface area contributed by atoms with Gasteiger partial charge < -0.3 is 25.0 Å². The average molecular weight is 581 g/mol. The zero-order valence-corrected chi connectivity index (χ0v) is 24.7. The molecule has 1 aliphatic carbocycles. The molecule has 0 bridgehead atoms. The van der Waals surface area contributed by atoms with Gasteiger partial charge in [-0.25, -0.2) is 15.0 Å². The van der Waals surface area contributed by atoms with E-state index in [0.29, 0.717) is 5.95 Å². The zero-order valence-electron chi connectivity index (χ0n) is 23.9. The summed E-state index contributed by atoms with van der Waals surface area (Å²) in [6.45, 7) is 8.54. The number of carbonyl (C=O) groups excluding carboxylic acids is 1. The van der Waals surface area contributed by atoms with Gasteiger partial charge in [0.15, 0.2) is 5.16 Å². The maximum atomic E-state index is 12.6. The Hall–Kier alpha value is -3.89. The van der Waals surface area contributed by atoms with Crippen molar-refractivity contribution in [1.82, 2.24) is 24.4 Å². The van der Waals surface area contributed by atoms with Crippen molar-refractivity contribution in [2.45, 2.75) is 37.9 Å². The molecule has 1 amide bonds. The van der Waals surface area contributed by atoms with E-state index >= 15 is 0 Å². The molecule has 9 nitrogen and oxygen atoms in total. The first-order valence-corrected chi connectivity index (χ1v) is 16.0. The molecule has 2 aromatic heterocycles. The van der Waals surface area contributed by atoms with Crippen molar-refractivity contribution in [3.63, 3.8) is 0 Å². The van der Waals surface area contributed by atoms with E-state index in [1.807, 2.05) is 24.3 Å². The van der Waals surface area contributed by atoms with Crippen LogP contribution in [0.15, 0.2) is 66.0 Å². The second kappa shape index (κ2) is 11.8. The monoisotopic (exact) mass is 580 g/mol. The lowest BCUT2D eigenvalue weighted by molar-refractivity contribution is -0.122. The summed E-state index contributed by atoms with van der Waals surface area (Å²) in [5.74, 6) is 1.78. The topological polar surface area (TPSA) is 91.2 Å². The second-order valence-electron chi connectivity index (χ2n) is 11.1. The molecule has 3 aliphatic rings. The predicted octanol–water partition coefficient (Wildman–Crippen LogP) is 5.74. The van der Waals surface area contributed by atoms with Gasteiger partial charge in [-0.2, -0.15) is 0 Å². The maximum Gasteiger partial charge on any atom is 0.227 e. The smallest absolute Gasteiger partial charge is 0.227 e. The second-order valence-corrected chi connectivity index (χ2v) is 12.2. The van der Waals surface area contributed by atoms with Crippen LogP contribution in [0.5, 0.6) is 0 Å². The lowest BCUT2D eigenvalue weighted by Crippen LogP contribution is -2.46. The van der Waals surface area contributed by atoms with E-state index in [4.69, 9.17) is 9.97 Å².